The van der Waals surface area contributed by atoms with E-state index < -0.39 is 0 Å². The fraction of sp³-hybridized carbons (Fsp3) is 0.581. The van der Waals surface area contributed by atoms with E-state index in [2.05, 4.69) is 6.92 Å². The highest BCUT2D eigenvalue weighted by atomic mass is 16.5. The summed E-state index contributed by atoms with van der Waals surface area (Å²) in [6, 6.07) is 11.4. The number of benzene rings is 2. The summed E-state index contributed by atoms with van der Waals surface area (Å²) in [5.74, 6) is 0.714. The molecule has 3 rings (SSSR count). The number of ether oxygens (including phenoxy) is 1. The third kappa shape index (κ3) is 7.61. The van der Waals surface area contributed by atoms with E-state index in [0.717, 1.165) is 18.4 Å². The second-order valence-electron chi connectivity index (χ2n) is 9.76. The predicted molar refractivity (Wildman–Crippen MR) is 145 cm³/mol. The van der Waals surface area contributed by atoms with E-state index in [1.165, 1.54) is 89.9 Å². The maximum Gasteiger partial charge on any atom is 0.200 e. The number of rotatable bonds is 17. The van der Waals surface area contributed by atoms with Crippen molar-refractivity contribution >= 4 is 21.9 Å². The summed E-state index contributed by atoms with van der Waals surface area (Å²) in [4.78, 5) is 12.9. The molecule has 0 amide bonds. The molecule has 0 aliphatic heterocycles. The Hall–Kier alpha value is -2.29. The summed E-state index contributed by atoms with van der Waals surface area (Å²) in [6.45, 7) is 2.28. The molecule has 2 aromatic carbocycles. The Morgan fingerprint density at radius 3 is 1.82 bits per heavy atom. The average molecular weight is 465 g/mol. The van der Waals surface area contributed by atoms with Crippen LogP contribution in [0.25, 0.3) is 21.9 Å². The lowest BCUT2D eigenvalue weighted by molar-refractivity contribution is 0.405. The first kappa shape index (κ1) is 26.3. The van der Waals surface area contributed by atoms with Gasteiger partial charge in [0.15, 0.2) is 11.3 Å². The van der Waals surface area contributed by atoms with Crippen LogP contribution in [0.1, 0.15) is 109 Å². The molecule has 0 aliphatic rings. The van der Waals surface area contributed by atoms with Gasteiger partial charge in [0, 0.05) is 0 Å². The molecule has 1 aromatic heterocycles. The highest BCUT2D eigenvalue weighted by molar-refractivity contribution is 5.93. The van der Waals surface area contributed by atoms with E-state index in [-0.39, 0.29) is 5.43 Å². The first-order valence-corrected chi connectivity index (χ1v) is 13.8. The molecule has 34 heavy (non-hydrogen) atoms. The van der Waals surface area contributed by atoms with Crippen LogP contribution in [-0.2, 0) is 6.42 Å². The maximum atomic E-state index is 12.9. The molecular formula is C31H44O3. The molecule has 3 heteroatoms. The van der Waals surface area contributed by atoms with Crippen molar-refractivity contribution in [3.05, 3.63) is 52.2 Å². The SMILES string of the molecule is CCCCCCCCCCCCCCCCCc1ccc2c(=O)c3ccccc3oc2c1OC. The largest absolute Gasteiger partial charge is 0.493 e. The molecule has 0 saturated heterocycles. The molecule has 186 valence electrons. The van der Waals surface area contributed by atoms with Gasteiger partial charge in [-0.1, -0.05) is 115 Å². The smallest absolute Gasteiger partial charge is 0.200 e. The number of unbranched alkanes of at least 4 members (excludes halogenated alkanes) is 14. The fourth-order valence-corrected chi connectivity index (χ4v) is 4.99. The van der Waals surface area contributed by atoms with E-state index in [1.54, 1.807) is 7.11 Å². The van der Waals surface area contributed by atoms with Crippen LogP contribution in [0.2, 0.25) is 0 Å². The number of para-hydroxylation sites is 1. The highest BCUT2D eigenvalue weighted by Gasteiger charge is 2.15. The Morgan fingerprint density at radius 2 is 1.24 bits per heavy atom. The summed E-state index contributed by atoms with van der Waals surface area (Å²) in [5.41, 5.74) is 2.32. The van der Waals surface area contributed by atoms with Gasteiger partial charge in [-0.15, -0.1) is 0 Å². The molecule has 3 aromatic rings. The van der Waals surface area contributed by atoms with Gasteiger partial charge in [-0.05, 0) is 36.6 Å². The van der Waals surface area contributed by atoms with Gasteiger partial charge in [-0.2, -0.15) is 0 Å². The van der Waals surface area contributed by atoms with Crippen LogP contribution in [0.3, 0.4) is 0 Å². The van der Waals surface area contributed by atoms with Gasteiger partial charge in [0.2, 0.25) is 5.43 Å². The normalized spacial score (nSPS) is 11.5. The van der Waals surface area contributed by atoms with Crippen molar-refractivity contribution in [1.82, 2.24) is 0 Å². The zero-order chi connectivity index (χ0) is 24.0. The number of aryl methyl sites for hydroxylation is 1. The summed E-state index contributed by atoms with van der Waals surface area (Å²) < 4.78 is 11.8. The van der Waals surface area contributed by atoms with Gasteiger partial charge >= 0.3 is 0 Å². The Morgan fingerprint density at radius 1 is 0.676 bits per heavy atom. The third-order valence-corrected chi connectivity index (χ3v) is 7.04. The lowest BCUT2D eigenvalue weighted by Crippen LogP contribution is -2.04. The lowest BCUT2D eigenvalue weighted by Gasteiger charge is -2.11. The molecule has 0 spiro atoms. The van der Waals surface area contributed by atoms with Gasteiger partial charge in [-0.25, -0.2) is 0 Å². The van der Waals surface area contributed by atoms with Crippen LogP contribution in [0, 0.1) is 0 Å². The molecule has 0 atom stereocenters. The topological polar surface area (TPSA) is 39.4 Å². The van der Waals surface area contributed by atoms with Crippen molar-refractivity contribution in [2.24, 2.45) is 0 Å². The first-order chi connectivity index (χ1) is 16.8. The van der Waals surface area contributed by atoms with E-state index in [1.807, 2.05) is 36.4 Å². The Labute approximate surface area is 205 Å². The second kappa shape index (κ2) is 14.9. The number of fused-ring (bicyclic) bond motifs is 2. The number of methoxy groups -OCH3 is 1. The lowest BCUT2D eigenvalue weighted by atomic mass is 10.0. The van der Waals surface area contributed by atoms with Crippen LogP contribution in [0.5, 0.6) is 5.75 Å². The van der Waals surface area contributed by atoms with Gasteiger partial charge in [0.1, 0.15) is 5.58 Å². The molecule has 0 fully saturated rings. The molecule has 0 unspecified atom stereocenters. The summed E-state index contributed by atoms with van der Waals surface area (Å²) >= 11 is 0. The molecular weight excluding hydrogens is 420 g/mol. The van der Waals surface area contributed by atoms with Crippen molar-refractivity contribution in [3.8, 4) is 5.75 Å². The first-order valence-electron chi connectivity index (χ1n) is 13.8. The van der Waals surface area contributed by atoms with Crippen LogP contribution < -0.4 is 10.2 Å². The highest BCUT2D eigenvalue weighted by Crippen LogP contribution is 2.31. The monoisotopic (exact) mass is 464 g/mol. The average Bonchev–Trinajstić information content (AvgIpc) is 2.86. The second-order valence-corrected chi connectivity index (χ2v) is 9.76. The van der Waals surface area contributed by atoms with Crippen LogP contribution in [0.4, 0.5) is 0 Å². The van der Waals surface area contributed by atoms with Crippen molar-refractivity contribution < 1.29 is 9.15 Å². The van der Waals surface area contributed by atoms with Crippen molar-refractivity contribution in [3.63, 3.8) is 0 Å². The summed E-state index contributed by atoms with van der Waals surface area (Å²) in [5, 5.41) is 1.21. The molecule has 0 radical (unpaired) electrons. The molecule has 0 saturated carbocycles. The molecule has 1 heterocycles. The van der Waals surface area contributed by atoms with Gasteiger partial charge in [-0.3, -0.25) is 4.79 Å². The van der Waals surface area contributed by atoms with E-state index >= 15 is 0 Å². The summed E-state index contributed by atoms with van der Waals surface area (Å²) in [6.07, 6.45) is 21.5. The van der Waals surface area contributed by atoms with Crippen molar-refractivity contribution in [1.29, 1.82) is 0 Å². The van der Waals surface area contributed by atoms with E-state index in [0.29, 0.717) is 27.7 Å². The summed E-state index contributed by atoms with van der Waals surface area (Å²) in [7, 11) is 1.67. The molecule has 0 aliphatic carbocycles. The number of hydrogen-bond donors (Lipinski definition) is 0. The zero-order valence-electron chi connectivity index (χ0n) is 21.5. The Kier molecular flexibility index (Phi) is 11.5. The van der Waals surface area contributed by atoms with Gasteiger partial charge in [0.05, 0.1) is 17.9 Å². The minimum Gasteiger partial charge on any atom is -0.493 e. The zero-order valence-corrected chi connectivity index (χ0v) is 21.5. The van der Waals surface area contributed by atoms with Crippen LogP contribution >= 0.6 is 0 Å². The third-order valence-electron chi connectivity index (χ3n) is 7.04. The standard InChI is InChI=1S/C31H44O3/c1-3-4-5-6-7-8-9-10-11-12-13-14-15-16-17-20-25-23-24-27-29(32)26-21-18-19-22-28(26)34-31(27)30(25)33-2/h18-19,21-24H,3-17,20H2,1-2H3. The van der Waals surface area contributed by atoms with Gasteiger partial charge < -0.3 is 9.15 Å². The van der Waals surface area contributed by atoms with E-state index in [9.17, 15) is 4.79 Å². The van der Waals surface area contributed by atoms with E-state index in [4.69, 9.17) is 9.15 Å². The minimum atomic E-state index is 0.00803. The van der Waals surface area contributed by atoms with Crippen molar-refractivity contribution in [2.45, 2.75) is 110 Å². The molecule has 0 bridgehead atoms. The van der Waals surface area contributed by atoms with Crippen molar-refractivity contribution in [2.75, 3.05) is 7.11 Å². The minimum absolute atomic E-state index is 0.00803. The fourth-order valence-electron chi connectivity index (χ4n) is 4.99. The number of hydrogen-bond acceptors (Lipinski definition) is 3. The van der Waals surface area contributed by atoms with Gasteiger partial charge in [0.25, 0.3) is 0 Å². The van der Waals surface area contributed by atoms with Crippen LogP contribution in [-0.4, -0.2) is 7.11 Å². The molecule has 0 N–H and O–H groups in total. The Bertz CT molecular complexity index is 1050. The quantitative estimate of drug-likeness (QED) is 0.147. The Balaban J connectivity index is 1.35. The van der Waals surface area contributed by atoms with Crippen LogP contribution in [0.15, 0.2) is 45.6 Å². The maximum absolute atomic E-state index is 12.9. The molecule has 3 nitrogen and oxygen atoms in total. The predicted octanol–water partition coefficient (Wildman–Crippen LogP) is 9.37.